The lowest BCUT2D eigenvalue weighted by Crippen LogP contribution is -2.36. The van der Waals surface area contributed by atoms with Crippen molar-refractivity contribution in [1.29, 1.82) is 0 Å². The fourth-order valence-electron chi connectivity index (χ4n) is 2.69. The smallest absolute Gasteiger partial charge is 0.227 e. The second kappa shape index (κ2) is 8.00. The summed E-state index contributed by atoms with van der Waals surface area (Å²) in [6, 6.07) is 7.04. The van der Waals surface area contributed by atoms with Crippen LogP contribution >= 0.6 is 0 Å². The maximum Gasteiger partial charge on any atom is 0.227 e. The highest BCUT2D eigenvalue weighted by molar-refractivity contribution is 5.79. The lowest BCUT2D eigenvalue weighted by molar-refractivity contribution is -0.130. The maximum atomic E-state index is 12.4. The molecule has 0 aliphatic carbocycles. The monoisotopic (exact) mass is 291 g/mol. The molecular weight excluding hydrogens is 266 g/mol. The third kappa shape index (κ3) is 4.72. The van der Waals surface area contributed by atoms with Crippen LogP contribution in [0.25, 0.3) is 0 Å². The molecule has 1 heterocycles. The Morgan fingerprint density at radius 2 is 2.00 bits per heavy atom. The number of amides is 1. The van der Waals surface area contributed by atoms with Crippen molar-refractivity contribution >= 4 is 5.91 Å². The molecule has 5 heteroatoms. The number of nitrogens with two attached hydrogens (primary N) is 1. The number of rotatable bonds is 5. The van der Waals surface area contributed by atoms with Crippen molar-refractivity contribution in [3.63, 3.8) is 0 Å². The normalized spacial score (nSPS) is 16.7. The highest BCUT2D eigenvalue weighted by Gasteiger charge is 2.19. The molecule has 1 fully saturated rings. The van der Waals surface area contributed by atoms with E-state index in [1.54, 1.807) is 18.2 Å². The molecule has 1 aliphatic rings. The molecule has 2 rings (SSSR count). The van der Waals surface area contributed by atoms with E-state index in [1.807, 2.05) is 11.0 Å². The Labute approximate surface area is 126 Å². The Balaban J connectivity index is 1.87. The highest BCUT2D eigenvalue weighted by atomic mass is 16.3. The van der Waals surface area contributed by atoms with E-state index in [2.05, 4.69) is 4.90 Å². The minimum atomic E-state index is 0.0946. The average molecular weight is 291 g/mol. The van der Waals surface area contributed by atoms with Crippen molar-refractivity contribution in [2.24, 2.45) is 5.73 Å². The van der Waals surface area contributed by atoms with Gasteiger partial charge in [-0.25, -0.2) is 0 Å². The van der Waals surface area contributed by atoms with E-state index in [0.717, 1.165) is 45.6 Å². The zero-order chi connectivity index (χ0) is 15.1. The predicted molar refractivity (Wildman–Crippen MR) is 83.1 cm³/mol. The third-order valence-electron chi connectivity index (χ3n) is 3.95. The molecule has 0 saturated carbocycles. The second-order valence-corrected chi connectivity index (χ2v) is 5.52. The molecule has 1 aromatic rings. The summed E-state index contributed by atoms with van der Waals surface area (Å²) in [5, 5.41) is 9.76. The van der Waals surface area contributed by atoms with Gasteiger partial charge in [0.25, 0.3) is 0 Å². The predicted octanol–water partition coefficient (Wildman–Crippen LogP) is 0.818. The van der Waals surface area contributed by atoms with Crippen LogP contribution in [0.2, 0.25) is 0 Å². The standard InChI is InChI=1S/C16H25N3O2/c17-7-3-8-18-9-4-10-19(12-11-18)16(21)13-14-5-1-2-6-15(14)20/h1-2,5-6,20H,3-4,7-13,17H2. The van der Waals surface area contributed by atoms with Gasteiger partial charge in [0, 0.05) is 25.2 Å². The van der Waals surface area contributed by atoms with E-state index in [1.165, 1.54) is 0 Å². The van der Waals surface area contributed by atoms with Crippen LogP contribution in [0, 0.1) is 0 Å². The van der Waals surface area contributed by atoms with Gasteiger partial charge in [-0.1, -0.05) is 18.2 Å². The van der Waals surface area contributed by atoms with Crippen molar-refractivity contribution in [2.45, 2.75) is 19.3 Å². The van der Waals surface area contributed by atoms with Crippen LogP contribution in [0.1, 0.15) is 18.4 Å². The molecule has 1 amide bonds. The Morgan fingerprint density at radius 1 is 1.19 bits per heavy atom. The van der Waals surface area contributed by atoms with Crippen LogP contribution in [0.15, 0.2) is 24.3 Å². The summed E-state index contributed by atoms with van der Waals surface area (Å²) < 4.78 is 0. The Morgan fingerprint density at radius 3 is 2.76 bits per heavy atom. The zero-order valence-corrected chi connectivity index (χ0v) is 12.5. The van der Waals surface area contributed by atoms with E-state index < -0.39 is 0 Å². The fourth-order valence-corrected chi connectivity index (χ4v) is 2.69. The summed E-state index contributed by atoms with van der Waals surface area (Å²) in [4.78, 5) is 16.7. The maximum absolute atomic E-state index is 12.4. The molecule has 116 valence electrons. The Hall–Kier alpha value is -1.59. The van der Waals surface area contributed by atoms with Crippen LogP contribution in [0.3, 0.4) is 0 Å². The van der Waals surface area contributed by atoms with E-state index in [9.17, 15) is 9.90 Å². The van der Waals surface area contributed by atoms with Gasteiger partial charge in [0.1, 0.15) is 5.75 Å². The molecule has 3 N–H and O–H groups in total. The van der Waals surface area contributed by atoms with Crippen LogP contribution in [-0.2, 0) is 11.2 Å². The molecule has 0 unspecified atom stereocenters. The highest BCUT2D eigenvalue weighted by Crippen LogP contribution is 2.17. The summed E-state index contributed by atoms with van der Waals surface area (Å²) in [5.41, 5.74) is 6.25. The number of phenolic OH excluding ortho intramolecular Hbond substituents is 1. The van der Waals surface area contributed by atoms with Gasteiger partial charge in [0.05, 0.1) is 6.42 Å². The van der Waals surface area contributed by atoms with Crippen molar-refractivity contribution in [3.8, 4) is 5.75 Å². The van der Waals surface area contributed by atoms with E-state index >= 15 is 0 Å². The van der Waals surface area contributed by atoms with Crippen LogP contribution in [0.4, 0.5) is 0 Å². The van der Waals surface area contributed by atoms with Gasteiger partial charge in [-0.05, 0) is 38.5 Å². The van der Waals surface area contributed by atoms with Gasteiger partial charge in [0.15, 0.2) is 0 Å². The molecule has 0 spiro atoms. The first kappa shape index (κ1) is 15.8. The van der Waals surface area contributed by atoms with Gasteiger partial charge in [-0.15, -0.1) is 0 Å². The summed E-state index contributed by atoms with van der Waals surface area (Å²) in [5.74, 6) is 0.294. The van der Waals surface area contributed by atoms with Crippen LogP contribution in [-0.4, -0.2) is 60.1 Å². The van der Waals surface area contributed by atoms with Gasteiger partial charge in [-0.2, -0.15) is 0 Å². The molecule has 5 nitrogen and oxygen atoms in total. The summed E-state index contributed by atoms with van der Waals surface area (Å²) >= 11 is 0. The van der Waals surface area contributed by atoms with E-state index in [4.69, 9.17) is 5.73 Å². The topological polar surface area (TPSA) is 69.8 Å². The molecule has 1 aliphatic heterocycles. The third-order valence-corrected chi connectivity index (χ3v) is 3.95. The van der Waals surface area contributed by atoms with Crippen molar-refractivity contribution < 1.29 is 9.90 Å². The molecule has 0 bridgehead atoms. The lowest BCUT2D eigenvalue weighted by Gasteiger charge is -2.22. The summed E-state index contributed by atoms with van der Waals surface area (Å²) in [6.07, 6.45) is 2.28. The van der Waals surface area contributed by atoms with E-state index in [-0.39, 0.29) is 18.1 Å². The van der Waals surface area contributed by atoms with Crippen LogP contribution < -0.4 is 5.73 Å². The number of para-hydroxylation sites is 1. The van der Waals surface area contributed by atoms with Crippen molar-refractivity contribution in [1.82, 2.24) is 9.80 Å². The first-order chi connectivity index (χ1) is 10.2. The molecule has 0 atom stereocenters. The summed E-state index contributed by atoms with van der Waals surface area (Å²) in [7, 11) is 0. The molecule has 0 aromatic heterocycles. The largest absolute Gasteiger partial charge is 0.508 e. The van der Waals surface area contributed by atoms with Gasteiger partial charge in [0.2, 0.25) is 5.91 Å². The first-order valence-corrected chi connectivity index (χ1v) is 7.68. The van der Waals surface area contributed by atoms with Crippen molar-refractivity contribution in [2.75, 3.05) is 39.3 Å². The number of phenols is 1. The lowest BCUT2D eigenvalue weighted by atomic mass is 10.1. The molecule has 0 radical (unpaired) electrons. The van der Waals surface area contributed by atoms with Crippen molar-refractivity contribution in [3.05, 3.63) is 29.8 Å². The Bertz CT molecular complexity index is 465. The molecule has 1 saturated heterocycles. The first-order valence-electron chi connectivity index (χ1n) is 7.68. The van der Waals surface area contributed by atoms with E-state index in [0.29, 0.717) is 12.1 Å². The fraction of sp³-hybridized carbons (Fsp3) is 0.562. The minimum Gasteiger partial charge on any atom is -0.508 e. The van der Waals surface area contributed by atoms with Gasteiger partial charge < -0.3 is 20.6 Å². The quantitative estimate of drug-likeness (QED) is 0.842. The number of carbonyl (C=O) groups excluding carboxylic acids is 1. The Kier molecular flexibility index (Phi) is 6.02. The zero-order valence-electron chi connectivity index (χ0n) is 12.5. The number of nitrogens with zero attached hydrogens (tertiary/aromatic N) is 2. The SMILES string of the molecule is NCCCN1CCCN(C(=O)Cc2ccccc2O)CC1. The van der Waals surface area contributed by atoms with Gasteiger partial charge in [-0.3, -0.25) is 4.79 Å². The minimum absolute atomic E-state index is 0.0946. The number of benzene rings is 1. The molecule has 21 heavy (non-hydrogen) atoms. The number of hydrogen-bond acceptors (Lipinski definition) is 4. The molecular formula is C16H25N3O2. The average Bonchev–Trinajstić information content (AvgIpc) is 2.73. The van der Waals surface area contributed by atoms with Gasteiger partial charge >= 0.3 is 0 Å². The number of carbonyl (C=O) groups is 1. The molecule has 1 aromatic carbocycles. The number of aromatic hydroxyl groups is 1. The number of hydrogen-bond donors (Lipinski definition) is 2. The summed E-state index contributed by atoms with van der Waals surface area (Å²) in [6.45, 7) is 5.22. The second-order valence-electron chi connectivity index (χ2n) is 5.52. The van der Waals surface area contributed by atoms with Crippen LogP contribution in [0.5, 0.6) is 5.75 Å².